The van der Waals surface area contributed by atoms with E-state index in [1.807, 2.05) is 18.2 Å². The van der Waals surface area contributed by atoms with Crippen LogP contribution in [-0.2, 0) is 0 Å². The van der Waals surface area contributed by atoms with Gasteiger partial charge < -0.3 is 15.0 Å². The third-order valence-electron chi connectivity index (χ3n) is 5.41. The Kier molecular flexibility index (Phi) is 6.09. The summed E-state index contributed by atoms with van der Waals surface area (Å²) in [5.41, 5.74) is 6.39. The Morgan fingerprint density at radius 3 is 2.69 bits per heavy atom. The zero-order chi connectivity index (χ0) is 20.5. The Balaban J connectivity index is 1.81. The van der Waals surface area contributed by atoms with Crippen molar-refractivity contribution in [1.82, 2.24) is 4.90 Å². The van der Waals surface area contributed by atoms with Crippen molar-refractivity contribution in [3.8, 4) is 5.75 Å². The number of anilines is 1. The minimum absolute atomic E-state index is 0.114. The molecule has 1 N–H and O–H groups in total. The lowest BCUT2D eigenvalue weighted by atomic mass is 9.82. The van der Waals surface area contributed by atoms with Gasteiger partial charge in [-0.05, 0) is 53.5 Å². The number of hydrogen-bond acceptors (Lipinski definition) is 4. The first kappa shape index (κ1) is 20.6. The summed E-state index contributed by atoms with van der Waals surface area (Å²) in [4.78, 5) is 2.39. The van der Waals surface area contributed by atoms with Crippen molar-refractivity contribution in [3.63, 3.8) is 0 Å². The van der Waals surface area contributed by atoms with Crippen molar-refractivity contribution in [2.75, 3.05) is 25.5 Å². The molecule has 4 rings (SSSR count). The molecule has 152 valence electrons. The highest BCUT2D eigenvalue weighted by atomic mass is 35.5. The van der Waals surface area contributed by atoms with Crippen molar-refractivity contribution < 1.29 is 4.74 Å². The summed E-state index contributed by atoms with van der Waals surface area (Å²) < 4.78 is 6.33. The van der Waals surface area contributed by atoms with Gasteiger partial charge in [-0.25, -0.2) is 0 Å². The van der Waals surface area contributed by atoms with Gasteiger partial charge in [0.25, 0.3) is 0 Å². The van der Waals surface area contributed by atoms with Crippen LogP contribution in [0, 0.1) is 0 Å². The molecule has 2 aromatic rings. The largest absolute Gasteiger partial charge is 0.497 e. The molecule has 0 fully saturated rings. The number of fused-ring (bicyclic) bond motifs is 2. The molecule has 0 saturated heterocycles. The van der Waals surface area contributed by atoms with E-state index in [-0.39, 0.29) is 6.04 Å². The maximum atomic E-state index is 6.33. The van der Waals surface area contributed by atoms with Crippen molar-refractivity contribution in [2.45, 2.75) is 31.6 Å². The molecule has 0 radical (unpaired) electrons. The van der Waals surface area contributed by atoms with Gasteiger partial charge in [0.2, 0.25) is 0 Å². The number of nitrogens with zero attached hydrogens (tertiary/aromatic N) is 1. The summed E-state index contributed by atoms with van der Waals surface area (Å²) in [5.74, 6) is 0.864. The molecule has 0 saturated carbocycles. The van der Waals surface area contributed by atoms with Crippen LogP contribution in [-0.4, -0.2) is 34.7 Å². The highest BCUT2D eigenvalue weighted by molar-refractivity contribution is 8.23. The normalized spacial score (nSPS) is 18.2. The van der Waals surface area contributed by atoms with E-state index in [0.717, 1.165) is 40.3 Å². The zero-order valence-electron chi connectivity index (χ0n) is 16.9. The van der Waals surface area contributed by atoms with Crippen LogP contribution in [0.5, 0.6) is 5.75 Å². The lowest BCUT2D eigenvalue weighted by Gasteiger charge is -2.43. The maximum Gasteiger partial charge on any atom is 0.137 e. The van der Waals surface area contributed by atoms with Gasteiger partial charge in [0.15, 0.2) is 0 Å². The van der Waals surface area contributed by atoms with E-state index in [0.29, 0.717) is 5.25 Å². The number of halogens is 1. The lowest BCUT2D eigenvalue weighted by Crippen LogP contribution is -2.40. The second-order valence-corrected chi connectivity index (χ2v) is 10.2. The second-order valence-electron chi connectivity index (χ2n) is 7.60. The average molecular weight is 445 g/mol. The summed E-state index contributed by atoms with van der Waals surface area (Å²) in [6.45, 7) is 6.09. The second kappa shape index (κ2) is 8.58. The minimum Gasteiger partial charge on any atom is -0.497 e. The molecule has 0 bridgehead atoms. The van der Waals surface area contributed by atoms with Crippen LogP contribution >= 0.6 is 35.6 Å². The Morgan fingerprint density at radius 2 is 2.00 bits per heavy atom. The summed E-state index contributed by atoms with van der Waals surface area (Å²) in [6, 6.07) is 14.6. The van der Waals surface area contributed by atoms with Gasteiger partial charge >= 0.3 is 0 Å². The molecule has 3 nitrogen and oxygen atoms in total. The first-order valence-electron chi connectivity index (χ1n) is 9.85. The predicted octanol–water partition coefficient (Wildman–Crippen LogP) is 6.40. The van der Waals surface area contributed by atoms with Gasteiger partial charge in [-0.2, -0.15) is 0 Å². The van der Waals surface area contributed by atoms with Crippen molar-refractivity contribution >= 4 is 51.2 Å². The Labute approximate surface area is 187 Å². The van der Waals surface area contributed by atoms with E-state index < -0.39 is 0 Å². The maximum absolute atomic E-state index is 6.33. The van der Waals surface area contributed by atoms with E-state index in [9.17, 15) is 0 Å². The molecule has 2 aromatic carbocycles. The van der Waals surface area contributed by atoms with E-state index in [2.05, 4.69) is 48.3 Å². The van der Waals surface area contributed by atoms with Crippen LogP contribution < -0.4 is 10.1 Å². The zero-order valence-corrected chi connectivity index (χ0v) is 19.3. The molecule has 0 spiro atoms. The first-order valence-corrected chi connectivity index (χ1v) is 11.5. The van der Waals surface area contributed by atoms with Gasteiger partial charge in [0.1, 0.15) is 10.1 Å². The van der Waals surface area contributed by atoms with Crippen LogP contribution in [0.3, 0.4) is 0 Å². The Hall–Kier alpha value is -1.69. The molecule has 2 aliphatic heterocycles. The SMILES string of the molecule is COc1ccc(C2C3=C(CCN2C(=S)SC(C)C)c2cc(Cl)ccc2NC3)cc1. The number of thioether (sulfide) groups is 1. The van der Waals surface area contributed by atoms with E-state index in [4.69, 9.17) is 28.6 Å². The topological polar surface area (TPSA) is 24.5 Å². The molecule has 1 atom stereocenters. The number of rotatable bonds is 3. The average Bonchev–Trinajstić information content (AvgIpc) is 2.72. The molecule has 0 amide bonds. The number of benzene rings is 2. The smallest absolute Gasteiger partial charge is 0.137 e. The molecule has 0 aliphatic carbocycles. The first-order chi connectivity index (χ1) is 14.0. The van der Waals surface area contributed by atoms with Gasteiger partial charge in [0.05, 0.1) is 13.2 Å². The highest BCUT2D eigenvalue weighted by Crippen LogP contribution is 2.46. The molecule has 6 heteroatoms. The number of methoxy groups -OCH3 is 1. The molecule has 29 heavy (non-hydrogen) atoms. The Morgan fingerprint density at radius 1 is 1.24 bits per heavy atom. The number of ether oxygens (including phenoxy) is 1. The fraction of sp³-hybridized carbons (Fsp3) is 0.348. The van der Waals surface area contributed by atoms with Gasteiger partial charge in [-0.15, -0.1) is 0 Å². The van der Waals surface area contributed by atoms with Gasteiger partial charge in [0, 0.05) is 34.6 Å². The molecule has 2 aliphatic rings. The van der Waals surface area contributed by atoms with Crippen molar-refractivity contribution in [3.05, 3.63) is 64.2 Å². The predicted molar refractivity (Wildman–Crippen MR) is 129 cm³/mol. The molecule has 0 aromatic heterocycles. The number of nitrogens with one attached hydrogen (secondary N) is 1. The highest BCUT2D eigenvalue weighted by Gasteiger charge is 2.35. The van der Waals surface area contributed by atoms with E-state index >= 15 is 0 Å². The standard InChI is InChI=1S/C23H25ClN2OS2/c1-14(2)29-23(28)26-11-10-18-19-12-16(24)6-9-21(19)25-13-20(18)22(26)15-4-7-17(27-3)8-5-15/h4-9,12,14,22,25H,10-11,13H2,1-3H3. The van der Waals surface area contributed by atoms with Crippen LogP contribution in [0.25, 0.3) is 5.57 Å². The summed E-state index contributed by atoms with van der Waals surface area (Å²) in [5, 5.41) is 4.82. The molecule has 1 unspecified atom stereocenters. The summed E-state index contributed by atoms with van der Waals surface area (Å²) in [6.07, 6.45) is 0.968. The number of hydrogen-bond donors (Lipinski definition) is 1. The van der Waals surface area contributed by atoms with E-state index in [1.54, 1.807) is 18.9 Å². The number of thiocarbonyl (C=S) groups is 1. The van der Waals surface area contributed by atoms with Gasteiger partial charge in [-0.1, -0.05) is 61.6 Å². The van der Waals surface area contributed by atoms with Crippen LogP contribution in [0.1, 0.15) is 37.4 Å². The molecular weight excluding hydrogens is 420 g/mol. The van der Waals surface area contributed by atoms with Gasteiger partial charge in [-0.3, -0.25) is 0 Å². The minimum atomic E-state index is 0.114. The Bertz CT molecular complexity index is 956. The van der Waals surface area contributed by atoms with E-state index in [1.165, 1.54) is 22.3 Å². The summed E-state index contributed by atoms with van der Waals surface area (Å²) in [7, 11) is 1.70. The van der Waals surface area contributed by atoms with Crippen molar-refractivity contribution in [2.24, 2.45) is 0 Å². The summed E-state index contributed by atoms with van der Waals surface area (Å²) >= 11 is 14.0. The fourth-order valence-electron chi connectivity index (χ4n) is 4.13. The molecule has 2 heterocycles. The quantitative estimate of drug-likeness (QED) is 0.552. The third kappa shape index (κ3) is 4.14. The van der Waals surface area contributed by atoms with Crippen LogP contribution in [0.15, 0.2) is 48.0 Å². The van der Waals surface area contributed by atoms with Crippen molar-refractivity contribution in [1.29, 1.82) is 0 Å². The van der Waals surface area contributed by atoms with Crippen LogP contribution in [0.2, 0.25) is 5.02 Å². The monoisotopic (exact) mass is 444 g/mol. The fourth-order valence-corrected chi connectivity index (χ4v) is 5.81. The lowest BCUT2D eigenvalue weighted by molar-refractivity contribution is 0.354. The third-order valence-corrected chi connectivity index (χ3v) is 7.08. The molecular formula is C23H25ClN2OS2. The van der Waals surface area contributed by atoms with Crippen LogP contribution in [0.4, 0.5) is 5.69 Å².